The number of hydrogen-bond donors (Lipinski definition) is 2. The number of ether oxygens (including phenoxy) is 5. The highest BCUT2D eigenvalue weighted by atomic mass is 16.6. The summed E-state index contributed by atoms with van der Waals surface area (Å²) in [5.41, 5.74) is 0.709. The Balaban J connectivity index is 1.91. The second kappa shape index (κ2) is 20.1. The van der Waals surface area contributed by atoms with E-state index in [0.717, 1.165) is 0 Å². The molecule has 1 aromatic heterocycles. The highest BCUT2D eigenvalue weighted by molar-refractivity contribution is 5.76. The Morgan fingerprint density at radius 3 is 1.97 bits per heavy atom. The van der Waals surface area contributed by atoms with Crippen molar-refractivity contribution in [2.45, 2.75) is 52.8 Å². The zero-order chi connectivity index (χ0) is 25.7. The van der Waals surface area contributed by atoms with Gasteiger partial charge in [-0.2, -0.15) is 0 Å². The lowest BCUT2D eigenvalue weighted by atomic mass is 10.1. The fraction of sp³-hybridized carbons (Fsp3) is 0.826. The normalized spacial score (nSPS) is 12.1. The van der Waals surface area contributed by atoms with E-state index in [9.17, 15) is 9.59 Å². The maximum Gasteiger partial charge on any atom is 0.222 e. The third kappa shape index (κ3) is 17.0. The van der Waals surface area contributed by atoms with E-state index < -0.39 is 0 Å². The predicted molar refractivity (Wildman–Crippen MR) is 129 cm³/mol. The smallest absolute Gasteiger partial charge is 0.222 e. The molecule has 0 aliphatic rings. The fourth-order valence-corrected chi connectivity index (χ4v) is 2.56. The summed E-state index contributed by atoms with van der Waals surface area (Å²) in [6.07, 6.45) is 2.48. The molecule has 0 radical (unpaired) electrons. The molecule has 0 aliphatic heterocycles. The van der Waals surface area contributed by atoms with Crippen molar-refractivity contribution in [1.82, 2.24) is 25.6 Å². The zero-order valence-electron chi connectivity index (χ0n) is 21.6. The molecule has 2 N–H and O–H groups in total. The van der Waals surface area contributed by atoms with Crippen molar-refractivity contribution < 1.29 is 33.3 Å². The number of hydrogen-bond acceptors (Lipinski definition) is 9. The van der Waals surface area contributed by atoms with Crippen LogP contribution in [0.3, 0.4) is 0 Å². The van der Waals surface area contributed by atoms with Crippen LogP contribution in [0.25, 0.3) is 0 Å². The van der Waals surface area contributed by atoms with E-state index in [2.05, 4.69) is 34.8 Å². The summed E-state index contributed by atoms with van der Waals surface area (Å²) < 4.78 is 28.9. The SMILES string of the molecule is CNC(=O)CCOCCOCCOCCOCCn1cc(COCCC(=O)NC(C)C(C)C)nn1. The third-order valence-electron chi connectivity index (χ3n) is 5.03. The lowest BCUT2D eigenvalue weighted by Crippen LogP contribution is -2.36. The molecule has 0 saturated carbocycles. The summed E-state index contributed by atoms with van der Waals surface area (Å²) in [6, 6.07) is 0.148. The average molecular weight is 502 g/mol. The molecule has 12 heteroatoms. The molecule has 0 saturated heterocycles. The molecule has 0 spiro atoms. The van der Waals surface area contributed by atoms with Crippen molar-refractivity contribution in [2.75, 3.05) is 66.5 Å². The van der Waals surface area contributed by atoms with Gasteiger partial charge in [0.05, 0.1) is 78.8 Å². The number of carbonyl (C=O) groups excluding carboxylic acids is 2. The Labute approximate surface area is 208 Å². The third-order valence-corrected chi connectivity index (χ3v) is 5.03. The molecule has 12 nitrogen and oxygen atoms in total. The van der Waals surface area contributed by atoms with Crippen molar-refractivity contribution in [1.29, 1.82) is 0 Å². The molecule has 35 heavy (non-hydrogen) atoms. The van der Waals surface area contributed by atoms with Gasteiger partial charge in [0.15, 0.2) is 0 Å². The zero-order valence-corrected chi connectivity index (χ0v) is 21.6. The molecule has 1 heterocycles. The molecule has 1 unspecified atom stereocenters. The first kappa shape index (κ1) is 30.9. The van der Waals surface area contributed by atoms with Crippen LogP contribution in [0.1, 0.15) is 39.3 Å². The number of carbonyl (C=O) groups is 2. The van der Waals surface area contributed by atoms with Gasteiger partial charge in [-0.3, -0.25) is 9.59 Å². The van der Waals surface area contributed by atoms with Crippen LogP contribution in [0.5, 0.6) is 0 Å². The summed E-state index contributed by atoms with van der Waals surface area (Å²) in [6.45, 7) is 11.1. The summed E-state index contributed by atoms with van der Waals surface area (Å²) in [7, 11) is 1.60. The van der Waals surface area contributed by atoms with Gasteiger partial charge in [-0.15, -0.1) is 5.10 Å². The van der Waals surface area contributed by atoms with Crippen LogP contribution in [-0.2, 0) is 46.4 Å². The van der Waals surface area contributed by atoms with Crippen molar-refractivity contribution >= 4 is 11.8 Å². The van der Waals surface area contributed by atoms with E-state index in [4.69, 9.17) is 23.7 Å². The lowest BCUT2D eigenvalue weighted by molar-refractivity contribution is -0.123. The molecule has 1 rings (SSSR count). The Morgan fingerprint density at radius 2 is 1.37 bits per heavy atom. The van der Waals surface area contributed by atoms with Gasteiger partial charge >= 0.3 is 0 Å². The minimum absolute atomic E-state index is 0.0101. The maximum absolute atomic E-state index is 11.8. The van der Waals surface area contributed by atoms with Gasteiger partial charge in [-0.05, 0) is 12.8 Å². The molecular formula is C23H43N5O7. The highest BCUT2D eigenvalue weighted by Gasteiger charge is 2.10. The second-order valence-electron chi connectivity index (χ2n) is 8.25. The fourth-order valence-electron chi connectivity index (χ4n) is 2.56. The van der Waals surface area contributed by atoms with Crippen molar-refractivity contribution in [3.63, 3.8) is 0 Å². The molecule has 202 valence electrons. The van der Waals surface area contributed by atoms with Crippen LogP contribution in [0.2, 0.25) is 0 Å². The topological polar surface area (TPSA) is 135 Å². The molecule has 2 amide bonds. The predicted octanol–water partition coefficient (Wildman–Crippen LogP) is 0.548. The number of nitrogens with zero attached hydrogens (tertiary/aromatic N) is 3. The van der Waals surface area contributed by atoms with E-state index in [1.54, 1.807) is 17.9 Å². The number of nitrogens with one attached hydrogen (secondary N) is 2. The molecular weight excluding hydrogens is 458 g/mol. The molecule has 0 fully saturated rings. The second-order valence-corrected chi connectivity index (χ2v) is 8.25. The lowest BCUT2D eigenvalue weighted by Gasteiger charge is -2.17. The van der Waals surface area contributed by atoms with Crippen LogP contribution in [0, 0.1) is 5.92 Å². The van der Waals surface area contributed by atoms with Gasteiger partial charge < -0.3 is 34.3 Å². The molecule has 1 atom stereocenters. The summed E-state index contributed by atoms with van der Waals surface area (Å²) in [5.74, 6) is 0.351. The van der Waals surface area contributed by atoms with Gasteiger partial charge in [-0.25, -0.2) is 4.68 Å². The van der Waals surface area contributed by atoms with E-state index in [1.165, 1.54) is 0 Å². The maximum atomic E-state index is 11.8. The van der Waals surface area contributed by atoms with Gasteiger partial charge in [0, 0.05) is 25.9 Å². The molecule has 0 aromatic carbocycles. The van der Waals surface area contributed by atoms with E-state index >= 15 is 0 Å². The number of rotatable bonds is 22. The summed E-state index contributed by atoms with van der Waals surface area (Å²) >= 11 is 0. The van der Waals surface area contributed by atoms with Gasteiger partial charge in [0.1, 0.15) is 5.69 Å². The first-order valence-electron chi connectivity index (χ1n) is 12.2. The minimum Gasteiger partial charge on any atom is -0.379 e. The number of amides is 2. The Kier molecular flexibility index (Phi) is 17.8. The Bertz CT molecular complexity index is 687. The first-order valence-corrected chi connectivity index (χ1v) is 12.2. The average Bonchev–Trinajstić information content (AvgIpc) is 3.29. The minimum atomic E-state index is -0.0386. The van der Waals surface area contributed by atoms with Gasteiger partial charge in [-0.1, -0.05) is 19.1 Å². The largest absolute Gasteiger partial charge is 0.379 e. The highest BCUT2D eigenvalue weighted by Crippen LogP contribution is 2.01. The monoisotopic (exact) mass is 501 g/mol. The van der Waals surface area contributed by atoms with E-state index in [1.807, 2.05) is 6.92 Å². The van der Waals surface area contributed by atoms with Crippen LogP contribution >= 0.6 is 0 Å². The summed E-state index contributed by atoms with van der Waals surface area (Å²) in [5, 5.41) is 13.6. The number of aromatic nitrogens is 3. The molecule has 0 bridgehead atoms. The quantitative estimate of drug-likeness (QED) is 0.218. The molecule has 0 aliphatic carbocycles. The van der Waals surface area contributed by atoms with Gasteiger partial charge in [0.2, 0.25) is 11.8 Å². The van der Waals surface area contributed by atoms with Crippen LogP contribution in [0.4, 0.5) is 0 Å². The summed E-state index contributed by atoms with van der Waals surface area (Å²) in [4.78, 5) is 22.8. The van der Waals surface area contributed by atoms with Crippen molar-refractivity contribution in [2.24, 2.45) is 5.92 Å². The standard InChI is InChI=1S/C23H43N5O7/c1-19(2)20(3)25-23(30)6-9-35-18-21-17-28(27-26-21)7-10-32-12-14-34-16-15-33-13-11-31-8-5-22(29)24-4/h17,19-20H,5-16,18H2,1-4H3,(H,24,29)(H,25,30). The van der Waals surface area contributed by atoms with Crippen molar-refractivity contribution in [3.05, 3.63) is 11.9 Å². The van der Waals surface area contributed by atoms with Gasteiger partial charge in [0.25, 0.3) is 0 Å². The van der Waals surface area contributed by atoms with Crippen molar-refractivity contribution in [3.8, 4) is 0 Å². The van der Waals surface area contributed by atoms with E-state index in [-0.39, 0.29) is 17.9 Å². The van der Waals surface area contributed by atoms with Crippen LogP contribution in [0.15, 0.2) is 6.20 Å². The van der Waals surface area contributed by atoms with Crippen LogP contribution < -0.4 is 10.6 Å². The first-order chi connectivity index (χ1) is 16.9. The van der Waals surface area contributed by atoms with E-state index in [0.29, 0.717) is 97.1 Å². The molecule has 1 aromatic rings. The van der Waals surface area contributed by atoms with Crippen LogP contribution in [-0.4, -0.2) is 99.4 Å². The Morgan fingerprint density at radius 1 is 0.829 bits per heavy atom. The Hall–Kier alpha value is -2.12.